The lowest BCUT2D eigenvalue weighted by molar-refractivity contribution is -0.148. The summed E-state index contributed by atoms with van der Waals surface area (Å²) in [5.41, 5.74) is 0. The zero-order chi connectivity index (χ0) is 15.1. The third-order valence-electron chi connectivity index (χ3n) is 3.55. The quantitative estimate of drug-likeness (QED) is 0.242. The van der Waals surface area contributed by atoms with Crippen LogP contribution in [0.4, 0.5) is 0 Å². The molecule has 0 unspecified atom stereocenters. The van der Waals surface area contributed by atoms with Crippen LogP contribution in [0.5, 0.6) is 0 Å². The fraction of sp³-hybridized carbons (Fsp3) is 0.833. The van der Waals surface area contributed by atoms with Crippen LogP contribution in [-0.2, 0) is 9.53 Å². The van der Waals surface area contributed by atoms with Gasteiger partial charge in [0.25, 0.3) is 0 Å². The van der Waals surface area contributed by atoms with Crippen molar-refractivity contribution in [3.05, 3.63) is 12.2 Å². The second-order valence-electron chi connectivity index (χ2n) is 5.63. The van der Waals surface area contributed by atoms with Crippen LogP contribution in [-0.4, -0.2) is 12.1 Å². The minimum absolute atomic E-state index is 0.0294. The van der Waals surface area contributed by atoms with Crippen LogP contribution in [0, 0.1) is 0 Å². The van der Waals surface area contributed by atoms with Crippen molar-refractivity contribution in [2.24, 2.45) is 0 Å². The summed E-state index contributed by atoms with van der Waals surface area (Å²) in [7, 11) is 0. The van der Waals surface area contributed by atoms with Crippen LogP contribution in [0.15, 0.2) is 12.2 Å². The summed E-state index contributed by atoms with van der Waals surface area (Å²) in [6, 6.07) is 0. The smallest absolute Gasteiger partial charge is 0.306 e. The van der Waals surface area contributed by atoms with E-state index in [2.05, 4.69) is 19.1 Å². The average Bonchev–Trinajstić information content (AvgIpc) is 2.44. The minimum Gasteiger partial charge on any atom is -0.463 e. The lowest BCUT2D eigenvalue weighted by atomic mass is 10.1. The Morgan fingerprint density at radius 2 is 1.55 bits per heavy atom. The second kappa shape index (κ2) is 14.6. The molecule has 0 spiro atoms. The van der Waals surface area contributed by atoms with Gasteiger partial charge in [0.1, 0.15) is 0 Å². The second-order valence-corrected chi connectivity index (χ2v) is 5.63. The van der Waals surface area contributed by atoms with Gasteiger partial charge in [0.15, 0.2) is 0 Å². The van der Waals surface area contributed by atoms with E-state index in [0.717, 1.165) is 19.3 Å². The number of unbranched alkanes of at least 4 members (excludes halogenated alkanes) is 7. The molecule has 0 saturated heterocycles. The van der Waals surface area contributed by atoms with Gasteiger partial charge >= 0.3 is 5.97 Å². The van der Waals surface area contributed by atoms with Crippen LogP contribution < -0.4 is 0 Å². The molecule has 0 fully saturated rings. The van der Waals surface area contributed by atoms with E-state index in [-0.39, 0.29) is 12.1 Å². The monoisotopic (exact) mass is 282 g/mol. The highest BCUT2D eigenvalue weighted by atomic mass is 16.5. The van der Waals surface area contributed by atoms with Crippen molar-refractivity contribution in [2.75, 3.05) is 0 Å². The highest BCUT2D eigenvalue weighted by molar-refractivity contribution is 5.69. The zero-order valence-corrected chi connectivity index (χ0v) is 13.8. The van der Waals surface area contributed by atoms with Crippen LogP contribution in [0.2, 0.25) is 0 Å². The van der Waals surface area contributed by atoms with Gasteiger partial charge in [0.2, 0.25) is 0 Å². The maximum absolute atomic E-state index is 11.4. The fourth-order valence-electron chi connectivity index (χ4n) is 1.99. The van der Waals surface area contributed by atoms with Gasteiger partial charge in [-0.1, -0.05) is 58.1 Å². The number of carbonyl (C=O) groups is 1. The third kappa shape index (κ3) is 13.6. The van der Waals surface area contributed by atoms with E-state index in [1.807, 2.05) is 13.8 Å². The molecule has 0 rings (SSSR count). The molecular weight excluding hydrogens is 248 g/mol. The molecule has 1 atom stereocenters. The summed E-state index contributed by atoms with van der Waals surface area (Å²) >= 11 is 0. The highest BCUT2D eigenvalue weighted by Crippen LogP contribution is 2.09. The molecule has 0 aliphatic rings. The molecule has 0 heterocycles. The molecule has 0 aromatic heterocycles. The summed E-state index contributed by atoms with van der Waals surface area (Å²) in [6.45, 7) is 6.22. The normalized spacial score (nSPS) is 12.8. The Morgan fingerprint density at radius 1 is 0.950 bits per heavy atom. The Bertz CT molecular complexity index is 246. The molecule has 0 aromatic rings. The summed E-state index contributed by atoms with van der Waals surface area (Å²) in [4.78, 5) is 11.4. The van der Waals surface area contributed by atoms with Gasteiger partial charge in [-0.3, -0.25) is 4.79 Å². The fourth-order valence-corrected chi connectivity index (χ4v) is 1.99. The molecule has 0 bridgehead atoms. The van der Waals surface area contributed by atoms with Crippen LogP contribution in [0.3, 0.4) is 0 Å². The summed E-state index contributed by atoms with van der Waals surface area (Å²) in [5, 5.41) is 0. The molecule has 0 amide bonds. The van der Waals surface area contributed by atoms with Crippen molar-refractivity contribution < 1.29 is 9.53 Å². The van der Waals surface area contributed by atoms with Crippen molar-refractivity contribution in [3.8, 4) is 0 Å². The van der Waals surface area contributed by atoms with Crippen molar-refractivity contribution in [3.63, 3.8) is 0 Å². The summed E-state index contributed by atoms with van der Waals surface area (Å²) < 4.78 is 5.24. The third-order valence-corrected chi connectivity index (χ3v) is 3.55. The molecule has 20 heavy (non-hydrogen) atoms. The van der Waals surface area contributed by atoms with Gasteiger partial charge in [0.05, 0.1) is 6.10 Å². The Hall–Kier alpha value is -0.790. The maximum atomic E-state index is 11.4. The first-order valence-electron chi connectivity index (χ1n) is 8.55. The standard InChI is InChI=1S/C18H34O2/c1-4-6-7-8-9-10-11-12-13-14-15-16-18(19)20-17(3)5-2/h8-9,17H,4-7,10-16H2,1-3H3/b9-8-/t17-/m0/s1. The molecule has 118 valence electrons. The number of allylic oxidation sites excluding steroid dienone is 2. The molecule has 0 aromatic carbocycles. The highest BCUT2D eigenvalue weighted by Gasteiger charge is 2.06. The van der Waals surface area contributed by atoms with Gasteiger partial charge in [-0.2, -0.15) is 0 Å². The van der Waals surface area contributed by atoms with Gasteiger partial charge in [-0.15, -0.1) is 0 Å². The summed E-state index contributed by atoms with van der Waals surface area (Å²) in [5.74, 6) is -0.0294. The zero-order valence-electron chi connectivity index (χ0n) is 13.8. The Balaban J connectivity index is 3.24. The number of carbonyl (C=O) groups excluding carboxylic acids is 1. The molecular formula is C18H34O2. The minimum atomic E-state index is -0.0294. The molecule has 0 N–H and O–H groups in total. The van der Waals surface area contributed by atoms with E-state index in [4.69, 9.17) is 4.74 Å². The molecule has 2 nitrogen and oxygen atoms in total. The van der Waals surface area contributed by atoms with E-state index in [9.17, 15) is 4.79 Å². The first-order chi connectivity index (χ1) is 9.70. The number of hydrogen-bond acceptors (Lipinski definition) is 2. The number of rotatable bonds is 13. The summed E-state index contributed by atoms with van der Waals surface area (Å²) in [6.07, 6.45) is 17.1. The molecule has 0 aliphatic heterocycles. The van der Waals surface area contributed by atoms with Gasteiger partial charge in [-0.05, 0) is 39.0 Å². The molecule has 0 radical (unpaired) electrons. The number of esters is 1. The van der Waals surface area contributed by atoms with Gasteiger partial charge in [0, 0.05) is 6.42 Å². The van der Waals surface area contributed by atoms with E-state index in [1.165, 1.54) is 44.9 Å². The van der Waals surface area contributed by atoms with Gasteiger partial charge in [-0.25, -0.2) is 0 Å². The predicted octanol–water partition coefficient (Wildman–Crippen LogP) is 5.81. The van der Waals surface area contributed by atoms with Crippen molar-refractivity contribution in [1.82, 2.24) is 0 Å². The Morgan fingerprint density at radius 3 is 2.20 bits per heavy atom. The predicted molar refractivity (Wildman–Crippen MR) is 86.8 cm³/mol. The lowest BCUT2D eigenvalue weighted by Crippen LogP contribution is -2.13. The average molecular weight is 282 g/mol. The molecule has 0 saturated carbocycles. The van der Waals surface area contributed by atoms with Crippen molar-refractivity contribution in [1.29, 1.82) is 0 Å². The number of ether oxygens (including phenoxy) is 1. The lowest BCUT2D eigenvalue weighted by Gasteiger charge is -2.10. The molecule has 2 heteroatoms. The number of hydrogen-bond donors (Lipinski definition) is 0. The first-order valence-corrected chi connectivity index (χ1v) is 8.55. The van der Waals surface area contributed by atoms with E-state index in [1.54, 1.807) is 0 Å². The Kier molecular flexibility index (Phi) is 14.0. The van der Waals surface area contributed by atoms with E-state index in [0.29, 0.717) is 6.42 Å². The molecule has 0 aliphatic carbocycles. The van der Waals surface area contributed by atoms with E-state index < -0.39 is 0 Å². The van der Waals surface area contributed by atoms with E-state index >= 15 is 0 Å². The first kappa shape index (κ1) is 19.2. The van der Waals surface area contributed by atoms with Crippen molar-refractivity contribution in [2.45, 2.75) is 97.5 Å². The Labute approximate surface area is 126 Å². The topological polar surface area (TPSA) is 26.3 Å². The van der Waals surface area contributed by atoms with Gasteiger partial charge < -0.3 is 4.74 Å². The van der Waals surface area contributed by atoms with Crippen molar-refractivity contribution >= 4 is 5.97 Å². The SMILES string of the molecule is CCCC/C=C\CCCCCCCC(=O)O[C@@H](C)CC. The largest absolute Gasteiger partial charge is 0.463 e. The van der Waals surface area contributed by atoms with Crippen LogP contribution >= 0.6 is 0 Å². The van der Waals surface area contributed by atoms with Crippen LogP contribution in [0.1, 0.15) is 91.4 Å². The van der Waals surface area contributed by atoms with Crippen LogP contribution in [0.25, 0.3) is 0 Å². The maximum Gasteiger partial charge on any atom is 0.306 e.